The summed E-state index contributed by atoms with van der Waals surface area (Å²) in [6.45, 7) is 23.7. The summed E-state index contributed by atoms with van der Waals surface area (Å²) >= 11 is 1.57. The van der Waals surface area contributed by atoms with E-state index >= 15 is 0 Å². The third-order valence-electron chi connectivity index (χ3n) is 9.43. The molecule has 2 amide bonds. The molecule has 8 nitrogen and oxygen atoms in total. The minimum absolute atomic E-state index is 0.0220. The number of nitrogens with one attached hydrogen (secondary N) is 2. The Bertz CT molecular complexity index is 1510. The number of amides is 2. The smallest absolute Gasteiger partial charge is 0.408 e. The number of hydrogen-bond acceptors (Lipinski definition) is 7. The second kappa shape index (κ2) is 18.6. The zero-order chi connectivity index (χ0) is 39.6. The van der Waals surface area contributed by atoms with Crippen LogP contribution in [0.3, 0.4) is 0 Å². The molecule has 0 spiro atoms. The highest BCUT2D eigenvalue weighted by Gasteiger charge is 2.44. The maximum atomic E-state index is 14.7. The summed E-state index contributed by atoms with van der Waals surface area (Å²) in [4.78, 5) is 41.2. The molecule has 0 unspecified atom stereocenters. The van der Waals surface area contributed by atoms with Crippen molar-refractivity contribution in [2.45, 2.75) is 128 Å². The Morgan fingerprint density at radius 1 is 0.717 bits per heavy atom. The first-order valence-electron chi connectivity index (χ1n) is 18.6. The van der Waals surface area contributed by atoms with Gasteiger partial charge in [-0.05, 0) is 75.4 Å². The highest BCUT2D eigenvalue weighted by Crippen LogP contribution is 2.48. The zero-order valence-electron chi connectivity index (χ0n) is 33.8. The number of carbonyl (C=O) groups is 3. The molecule has 0 fully saturated rings. The third kappa shape index (κ3) is 12.5. The van der Waals surface area contributed by atoms with E-state index in [9.17, 15) is 14.4 Å². The molecule has 3 rings (SSSR count). The van der Waals surface area contributed by atoms with E-state index in [0.29, 0.717) is 0 Å². The van der Waals surface area contributed by atoms with Crippen molar-refractivity contribution in [2.75, 3.05) is 5.75 Å². The number of ether oxygens (including phenoxy) is 2. The van der Waals surface area contributed by atoms with Crippen LogP contribution in [0.1, 0.15) is 92.3 Å². The van der Waals surface area contributed by atoms with Crippen molar-refractivity contribution in [1.29, 1.82) is 0 Å². The average Bonchev–Trinajstić information content (AvgIpc) is 3.06. The number of carbonyl (C=O) groups excluding carboxylic acids is 3. The van der Waals surface area contributed by atoms with E-state index in [0.717, 1.165) is 16.7 Å². The summed E-state index contributed by atoms with van der Waals surface area (Å²) in [5, 5.41) is 6.00. The first kappa shape index (κ1) is 43.8. The molecule has 53 heavy (non-hydrogen) atoms. The summed E-state index contributed by atoms with van der Waals surface area (Å²) < 4.78 is 17.4. The van der Waals surface area contributed by atoms with Gasteiger partial charge in [0, 0.05) is 5.75 Å². The fourth-order valence-electron chi connectivity index (χ4n) is 5.84. The van der Waals surface area contributed by atoms with Gasteiger partial charge in [-0.2, -0.15) is 0 Å². The Morgan fingerprint density at radius 3 is 1.55 bits per heavy atom. The molecule has 0 aliphatic carbocycles. The molecule has 3 aromatic rings. The maximum Gasteiger partial charge on any atom is 0.408 e. The number of thioether (sulfide) groups is 1. The lowest BCUT2D eigenvalue weighted by Crippen LogP contribution is -2.58. The largest absolute Gasteiger partial charge is 0.463 e. The third-order valence-corrected chi connectivity index (χ3v) is 15.6. The lowest BCUT2D eigenvalue weighted by molar-refractivity contribution is -0.150. The molecule has 0 heterocycles. The van der Waals surface area contributed by atoms with Gasteiger partial charge < -0.3 is 24.5 Å². The standard InChI is InChI=1S/C43H62N2O6SSi/c1-30(2)38(36(28-37(46)49-31(3)4)51-53(11,12)42(8,9)10)45-39(47)35(44-40(48)50-41(5,6)7)29-52-43(32-22-16-13-17-23-32,33-24-18-14-19-25-33)34-26-20-15-21-27-34/h13-27,30-31,35-36,38H,28-29H2,1-12H3,(H,44,48)(H,45,47)/t35-,36+,38-/m1/s1. The van der Waals surface area contributed by atoms with Crippen molar-refractivity contribution in [1.82, 2.24) is 10.6 Å². The van der Waals surface area contributed by atoms with Crippen LogP contribution in [-0.4, -0.2) is 61.9 Å². The van der Waals surface area contributed by atoms with Crippen LogP contribution in [0.2, 0.25) is 18.1 Å². The molecular weight excluding hydrogens is 701 g/mol. The molecule has 0 saturated heterocycles. The lowest BCUT2D eigenvalue weighted by Gasteiger charge is -2.42. The molecular formula is C43H62N2O6SSi. The van der Waals surface area contributed by atoms with Crippen molar-refractivity contribution in [2.24, 2.45) is 5.92 Å². The Labute approximate surface area is 323 Å². The van der Waals surface area contributed by atoms with Gasteiger partial charge in [0.15, 0.2) is 8.32 Å². The van der Waals surface area contributed by atoms with Crippen LogP contribution in [0.15, 0.2) is 91.0 Å². The first-order chi connectivity index (χ1) is 24.7. The molecule has 0 radical (unpaired) electrons. The molecule has 0 aromatic heterocycles. The van der Waals surface area contributed by atoms with Crippen LogP contribution in [0, 0.1) is 5.92 Å². The number of rotatable bonds is 16. The van der Waals surface area contributed by atoms with E-state index in [2.05, 4.69) is 80.9 Å². The molecule has 10 heteroatoms. The molecule has 3 atom stereocenters. The summed E-state index contributed by atoms with van der Waals surface area (Å²) in [6, 6.07) is 29.0. The molecule has 0 aliphatic heterocycles. The van der Waals surface area contributed by atoms with E-state index < -0.39 is 48.9 Å². The molecule has 0 bridgehead atoms. The summed E-state index contributed by atoms with van der Waals surface area (Å²) in [5.74, 6) is -0.711. The summed E-state index contributed by atoms with van der Waals surface area (Å²) in [6.07, 6.45) is -1.66. The normalized spacial score (nSPS) is 14.3. The monoisotopic (exact) mass is 762 g/mol. The highest BCUT2D eigenvalue weighted by molar-refractivity contribution is 8.00. The quantitative estimate of drug-likeness (QED) is 0.0852. The van der Waals surface area contributed by atoms with Crippen LogP contribution in [0.4, 0.5) is 4.79 Å². The second-order valence-electron chi connectivity index (χ2n) is 16.7. The Hall–Kier alpha value is -3.60. The van der Waals surface area contributed by atoms with E-state index in [1.54, 1.807) is 32.5 Å². The number of alkyl carbamates (subject to hydrolysis) is 1. The molecule has 2 N–H and O–H groups in total. The molecule has 290 valence electrons. The van der Waals surface area contributed by atoms with Crippen molar-refractivity contribution in [3.8, 4) is 0 Å². The van der Waals surface area contributed by atoms with Crippen LogP contribution < -0.4 is 10.6 Å². The van der Waals surface area contributed by atoms with Gasteiger partial charge in [0.1, 0.15) is 11.6 Å². The minimum Gasteiger partial charge on any atom is -0.463 e. The fraction of sp³-hybridized carbons (Fsp3) is 0.512. The zero-order valence-corrected chi connectivity index (χ0v) is 35.6. The number of esters is 1. The van der Waals surface area contributed by atoms with Crippen molar-refractivity contribution in [3.63, 3.8) is 0 Å². The van der Waals surface area contributed by atoms with Crippen LogP contribution in [0.25, 0.3) is 0 Å². The minimum atomic E-state index is -2.42. The van der Waals surface area contributed by atoms with Crippen LogP contribution in [0.5, 0.6) is 0 Å². The lowest BCUT2D eigenvalue weighted by atomic mass is 9.84. The topological polar surface area (TPSA) is 103 Å². The van der Waals surface area contributed by atoms with Gasteiger partial charge in [-0.25, -0.2) is 4.79 Å². The molecule has 0 saturated carbocycles. The van der Waals surface area contributed by atoms with Gasteiger partial charge in [-0.15, -0.1) is 11.8 Å². The van der Waals surface area contributed by atoms with E-state index in [4.69, 9.17) is 13.9 Å². The van der Waals surface area contributed by atoms with Gasteiger partial charge in [-0.1, -0.05) is 126 Å². The van der Waals surface area contributed by atoms with E-state index in [1.165, 1.54) is 0 Å². The highest BCUT2D eigenvalue weighted by atomic mass is 32.2. The summed E-state index contributed by atoms with van der Waals surface area (Å²) in [7, 11) is -2.42. The number of benzene rings is 3. The van der Waals surface area contributed by atoms with Gasteiger partial charge in [0.25, 0.3) is 0 Å². The van der Waals surface area contributed by atoms with Gasteiger partial charge in [0.05, 0.1) is 29.4 Å². The van der Waals surface area contributed by atoms with Crippen LogP contribution >= 0.6 is 11.8 Å². The van der Waals surface area contributed by atoms with Gasteiger partial charge >= 0.3 is 12.1 Å². The maximum absolute atomic E-state index is 14.7. The first-order valence-corrected chi connectivity index (χ1v) is 22.5. The predicted octanol–water partition coefficient (Wildman–Crippen LogP) is 9.48. The van der Waals surface area contributed by atoms with Gasteiger partial charge in [-0.3, -0.25) is 9.59 Å². The van der Waals surface area contributed by atoms with Crippen molar-refractivity contribution >= 4 is 38.0 Å². The van der Waals surface area contributed by atoms with Crippen molar-refractivity contribution in [3.05, 3.63) is 108 Å². The van der Waals surface area contributed by atoms with Crippen LogP contribution in [-0.2, 0) is 28.2 Å². The Balaban J connectivity index is 2.11. The average molecular weight is 763 g/mol. The predicted molar refractivity (Wildman–Crippen MR) is 220 cm³/mol. The number of hydrogen-bond donors (Lipinski definition) is 2. The fourth-order valence-corrected chi connectivity index (χ4v) is 8.74. The summed E-state index contributed by atoms with van der Waals surface area (Å²) in [5.41, 5.74) is 2.32. The SMILES string of the molecule is CC(C)OC(=O)C[C@H](O[Si](C)(C)C(C)(C)C)[C@H](NC(=O)[C@@H](CSC(c1ccccc1)(c1ccccc1)c1ccccc1)NC(=O)OC(C)(C)C)C(C)C. The van der Waals surface area contributed by atoms with Gasteiger partial charge in [0.2, 0.25) is 5.91 Å². The molecule has 3 aromatic carbocycles. The van der Waals surface area contributed by atoms with Crippen molar-refractivity contribution < 1.29 is 28.3 Å². The van der Waals surface area contributed by atoms with E-state index in [-0.39, 0.29) is 35.2 Å². The van der Waals surface area contributed by atoms with E-state index in [1.807, 2.05) is 82.3 Å². The Kier molecular flexibility index (Phi) is 15.4. The second-order valence-corrected chi connectivity index (χ2v) is 22.7. The Morgan fingerprint density at radius 2 is 1.17 bits per heavy atom. The molecule has 0 aliphatic rings.